The molecule has 2 heterocycles. The first kappa shape index (κ1) is 22.6. The maximum Gasteiger partial charge on any atom is 0.416 e. The van der Waals surface area contributed by atoms with Crippen molar-refractivity contribution in [2.75, 3.05) is 36.5 Å². The summed E-state index contributed by atoms with van der Waals surface area (Å²) in [4.78, 5) is 28.6. The van der Waals surface area contributed by atoms with Gasteiger partial charge >= 0.3 is 12.1 Å². The second-order valence-corrected chi connectivity index (χ2v) is 8.92. The third-order valence-electron chi connectivity index (χ3n) is 5.53. The first-order valence-corrected chi connectivity index (χ1v) is 11.2. The van der Waals surface area contributed by atoms with Gasteiger partial charge in [-0.25, -0.2) is 4.79 Å². The van der Waals surface area contributed by atoms with Gasteiger partial charge in [0.25, 0.3) is 5.91 Å². The molecule has 1 unspecified atom stereocenters. The molecule has 0 spiro atoms. The van der Waals surface area contributed by atoms with Crippen LogP contribution >= 0.6 is 11.3 Å². The Bertz CT molecular complexity index is 994. The van der Waals surface area contributed by atoms with Gasteiger partial charge in [0.2, 0.25) is 0 Å². The fourth-order valence-corrected chi connectivity index (χ4v) is 4.97. The number of fused-ring (bicyclic) bond motifs is 1. The molecule has 6 nitrogen and oxygen atoms in total. The zero-order valence-electron chi connectivity index (χ0n) is 17.5. The number of ether oxygens (including phenoxy) is 2. The van der Waals surface area contributed by atoms with Gasteiger partial charge in [-0.05, 0) is 56.0 Å². The summed E-state index contributed by atoms with van der Waals surface area (Å²) in [6.45, 7) is 3.25. The monoisotopic (exact) mass is 468 g/mol. The van der Waals surface area contributed by atoms with Gasteiger partial charge in [-0.15, -0.1) is 11.3 Å². The van der Waals surface area contributed by atoms with E-state index in [2.05, 4.69) is 5.32 Å². The molecule has 0 saturated carbocycles. The number of thiophene rings is 1. The molecule has 0 radical (unpaired) electrons. The quantitative estimate of drug-likeness (QED) is 0.664. The summed E-state index contributed by atoms with van der Waals surface area (Å²) in [7, 11) is 0. The van der Waals surface area contributed by atoms with Gasteiger partial charge in [-0.2, -0.15) is 13.2 Å². The van der Waals surface area contributed by atoms with E-state index in [-0.39, 0.29) is 5.69 Å². The number of nitrogens with one attached hydrogen (secondary N) is 1. The lowest BCUT2D eigenvalue weighted by atomic mass is 10.1. The molecule has 1 aliphatic heterocycles. The minimum Gasteiger partial charge on any atom is -0.448 e. The Hall–Kier alpha value is -2.59. The van der Waals surface area contributed by atoms with Crippen molar-refractivity contribution in [1.29, 1.82) is 0 Å². The van der Waals surface area contributed by atoms with Crippen LogP contribution < -0.4 is 10.2 Å². The van der Waals surface area contributed by atoms with Crippen LogP contribution in [0.4, 0.5) is 24.5 Å². The summed E-state index contributed by atoms with van der Waals surface area (Å²) in [5.41, 5.74) is 0.744. The van der Waals surface area contributed by atoms with Gasteiger partial charge < -0.3 is 19.7 Å². The molecule has 1 aromatic carbocycles. The number of anilines is 2. The molecule has 1 atom stereocenters. The minimum atomic E-state index is -4.55. The fourth-order valence-electron chi connectivity index (χ4n) is 3.83. The van der Waals surface area contributed by atoms with Crippen LogP contribution in [0.3, 0.4) is 0 Å². The van der Waals surface area contributed by atoms with E-state index in [9.17, 15) is 22.8 Å². The average Bonchev–Trinajstić information content (AvgIpc) is 3.36. The Morgan fingerprint density at radius 3 is 2.62 bits per heavy atom. The SMILES string of the molecule is CC(OC(=O)c1cc2c(s1)CCC2)C(=O)Nc1cc(C(F)(F)F)ccc1N1CCOCC1. The molecule has 1 amide bonds. The lowest BCUT2D eigenvalue weighted by Gasteiger charge is -2.31. The normalized spacial score (nSPS) is 17.1. The number of morpholine rings is 1. The van der Waals surface area contributed by atoms with E-state index in [4.69, 9.17) is 9.47 Å². The van der Waals surface area contributed by atoms with Crippen molar-refractivity contribution in [2.24, 2.45) is 0 Å². The van der Waals surface area contributed by atoms with Crippen molar-refractivity contribution in [3.8, 4) is 0 Å². The van der Waals surface area contributed by atoms with Gasteiger partial charge in [-0.1, -0.05) is 0 Å². The fraction of sp³-hybridized carbons (Fsp3) is 0.455. The van der Waals surface area contributed by atoms with E-state index in [1.54, 1.807) is 6.07 Å². The van der Waals surface area contributed by atoms with Gasteiger partial charge in [0.05, 0.1) is 30.2 Å². The molecule has 1 N–H and O–H groups in total. The number of rotatable bonds is 5. The Kier molecular flexibility index (Phi) is 6.43. The number of alkyl halides is 3. The van der Waals surface area contributed by atoms with Crippen molar-refractivity contribution >= 4 is 34.6 Å². The Morgan fingerprint density at radius 2 is 1.94 bits per heavy atom. The number of hydrogen-bond acceptors (Lipinski definition) is 6. The van der Waals surface area contributed by atoms with Crippen molar-refractivity contribution in [3.63, 3.8) is 0 Å². The Morgan fingerprint density at radius 1 is 1.19 bits per heavy atom. The third-order valence-corrected chi connectivity index (χ3v) is 6.75. The topological polar surface area (TPSA) is 67.9 Å². The molecule has 4 rings (SSSR count). The number of esters is 1. The summed E-state index contributed by atoms with van der Waals surface area (Å²) in [5.74, 6) is -1.30. The first-order chi connectivity index (χ1) is 15.2. The number of carbonyl (C=O) groups is 2. The Labute approximate surface area is 187 Å². The summed E-state index contributed by atoms with van der Waals surface area (Å²) in [6, 6.07) is 5.03. The molecule has 10 heteroatoms. The maximum absolute atomic E-state index is 13.3. The van der Waals surface area contributed by atoms with E-state index < -0.39 is 29.7 Å². The zero-order valence-corrected chi connectivity index (χ0v) is 18.3. The summed E-state index contributed by atoms with van der Waals surface area (Å²) >= 11 is 1.36. The largest absolute Gasteiger partial charge is 0.448 e. The van der Waals surface area contributed by atoms with Crippen LogP contribution in [-0.2, 0) is 33.3 Å². The van der Waals surface area contributed by atoms with Crippen LogP contribution in [0, 0.1) is 0 Å². The Balaban J connectivity index is 1.49. The van der Waals surface area contributed by atoms with Crippen LogP contribution in [0.15, 0.2) is 24.3 Å². The lowest BCUT2D eigenvalue weighted by molar-refractivity contribution is -0.137. The van der Waals surface area contributed by atoms with Gasteiger partial charge in [0.1, 0.15) is 4.88 Å². The number of benzene rings is 1. The molecule has 32 heavy (non-hydrogen) atoms. The van der Waals surface area contributed by atoms with Gasteiger partial charge in [0, 0.05) is 18.0 Å². The molecular weight excluding hydrogens is 445 g/mol. The molecule has 1 fully saturated rings. The highest BCUT2D eigenvalue weighted by Crippen LogP contribution is 2.36. The lowest BCUT2D eigenvalue weighted by Crippen LogP contribution is -2.37. The predicted octanol–water partition coefficient (Wildman–Crippen LogP) is 4.28. The van der Waals surface area contributed by atoms with Crippen molar-refractivity contribution < 1.29 is 32.2 Å². The second-order valence-electron chi connectivity index (χ2n) is 7.78. The maximum atomic E-state index is 13.3. The highest BCUT2D eigenvalue weighted by atomic mass is 32.1. The van der Waals surface area contributed by atoms with E-state index in [1.165, 1.54) is 24.3 Å². The number of carbonyl (C=O) groups excluding carboxylic acids is 2. The number of hydrogen-bond donors (Lipinski definition) is 1. The molecule has 1 aromatic heterocycles. The van der Waals surface area contributed by atoms with E-state index in [0.717, 1.165) is 41.8 Å². The van der Waals surface area contributed by atoms with Crippen molar-refractivity contribution in [1.82, 2.24) is 0 Å². The second kappa shape index (κ2) is 9.11. The number of amides is 1. The van der Waals surface area contributed by atoms with Crippen LogP contribution in [0.2, 0.25) is 0 Å². The highest BCUT2D eigenvalue weighted by Gasteiger charge is 2.32. The smallest absolute Gasteiger partial charge is 0.416 e. The molecule has 2 aromatic rings. The van der Waals surface area contributed by atoms with Crippen LogP contribution in [-0.4, -0.2) is 44.3 Å². The van der Waals surface area contributed by atoms with Crippen molar-refractivity contribution in [2.45, 2.75) is 38.5 Å². The minimum absolute atomic E-state index is 0.0183. The van der Waals surface area contributed by atoms with E-state index in [1.807, 2.05) is 4.90 Å². The summed E-state index contributed by atoms with van der Waals surface area (Å²) in [5, 5.41) is 2.52. The molecule has 172 valence electrons. The highest BCUT2D eigenvalue weighted by molar-refractivity contribution is 7.14. The third kappa shape index (κ3) is 4.91. The van der Waals surface area contributed by atoms with Crippen molar-refractivity contribution in [3.05, 3.63) is 45.1 Å². The number of nitrogens with zero attached hydrogens (tertiary/aromatic N) is 1. The zero-order chi connectivity index (χ0) is 22.9. The van der Waals surface area contributed by atoms with E-state index in [0.29, 0.717) is 36.9 Å². The number of halogens is 3. The first-order valence-electron chi connectivity index (χ1n) is 10.4. The van der Waals surface area contributed by atoms with Crippen LogP contribution in [0.5, 0.6) is 0 Å². The molecular formula is C22H23F3N2O4S. The predicted molar refractivity (Wildman–Crippen MR) is 114 cm³/mol. The van der Waals surface area contributed by atoms with Crippen LogP contribution in [0.1, 0.15) is 39.0 Å². The van der Waals surface area contributed by atoms with Gasteiger partial charge in [-0.3, -0.25) is 4.79 Å². The van der Waals surface area contributed by atoms with Gasteiger partial charge in [0.15, 0.2) is 6.10 Å². The molecule has 2 aliphatic rings. The standard InChI is InChI=1S/C22H23F3N2O4S/c1-13(31-21(29)19-11-14-3-2-4-18(14)32-19)20(28)26-16-12-15(22(23,24)25)5-6-17(16)27-7-9-30-10-8-27/h5-6,11-13H,2-4,7-10H2,1H3,(H,26,28). The molecule has 1 saturated heterocycles. The van der Waals surface area contributed by atoms with E-state index >= 15 is 0 Å². The summed E-state index contributed by atoms with van der Waals surface area (Å²) in [6.07, 6.45) is -2.80. The molecule has 0 bridgehead atoms. The number of aryl methyl sites for hydroxylation is 2. The summed E-state index contributed by atoms with van der Waals surface area (Å²) < 4.78 is 50.3. The average molecular weight is 468 g/mol. The van der Waals surface area contributed by atoms with Crippen LogP contribution in [0.25, 0.3) is 0 Å². The molecule has 1 aliphatic carbocycles.